The van der Waals surface area contributed by atoms with E-state index in [0.29, 0.717) is 41.6 Å². The summed E-state index contributed by atoms with van der Waals surface area (Å²) >= 11 is 12.6. The summed E-state index contributed by atoms with van der Waals surface area (Å²) in [6.07, 6.45) is -3.11. The molecule has 6 heterocycles. The number of nitriles is 1. The summed E-state index contributed by atoms with van der Waals surface area (Å²) < 4.78 is 42.8. The molecule has 0 radical (unpaired) electrons. The van der Waals surface area contributed by atoms with Crippen molar-refractivity contribution in [2.45, 2.75) is 126 Å². The minimum atomic E-state index is -1.19. The number of carboxylic acids is 1. The van der Waals surface area contributed by atoms with E-state index in [1.165, 1.54) is 6.92 Å². The molecule has 0 bridgehead atoms. The number of ketones is 4. The molecule has 2 saturated carbocycles. The van der Waals surface area contributed by atoms with Crippen LogP contribution in [0.15, 0.2) is 121 Å². The zero-order chi connectivity index (χ0) is 79.9. The number of cyclic esters (lactones) is 2. The lowest BCUT2D eigenvalue weighted by molar-refractivity contribution is -0.225. The van der Waals surface area contributed by atoms with Gasteiger partial charge in [0.15, 0.2) is 46.6 Å². The van der Waals surface area contributed by atoms with E-state index < -0.39 is 93.6 Å². The molecule has 1 amide bonds. The van der Waals surface area contributed by atoms with Gasteiger partial charge in [0.05, 0.1) is 89.9 Å². The number of nitrogens with zero attached hydrogens (tertiary/aromatic N) is 3. The molecule has 14 atom stereocenters. The topological polar surface area (TPSA) is 487 Å². The van der Waals surface area contributed by atoms with Gasteiger partial charge in [-0.2, -0.15) is 10.1 Å². The molecule has 39 heteroatoms. The van der Waals surface area contributed by atoms with Gasteiger partial charge in [-0.3, -0.25) is 47.9 Å². The number of alkyl halides is 2. The van der Waals surface area contributed by atoms with Gasteiger partial charge in [-0.15, -0.1) is 40.5 Å². The number of fused-ring (bicyclic) bond motifs is 3. The number of hydrogen-bond donors (Lipinski definition) is 6. The van der Waals surface area contributed by atoms with Crippen LogP contribution in [0.1, 0.15) is 74.1 Å². The first-order chi connectivity index (χ1) is 51.4. The molecule has 12 rings (SSSR count). The number of carbonyl (C=O) groups is 11. The van der Waals surface area contributed by atoms with Gasteiger partial charge in [-0.25, -0.2) is 4.79 Å². The average Bonchev–Trinajstić information content (AvgIpc) is 1.53. The number of carbonyl (C=O) groups excluding carboxylic acids is 10. The maximum Gasteiger partial charge on any atom is 0.422 e. The highest BCUT2D eigenvalue weighted by atomic mass is 35.5. The van der Waals surface area contributed by atoms with Crippen molar-refractivity contribution in [3.8, 4) is 29.1 Å². The Balaban J connectivity index is 0.000000234. The average molecular weight is 1630 g/mol. The Bertz CT molecular complexity index is 3800. The Labute approximate surface area is 646 Å². The Hall–Kier alpha value is -8.42. The van der Waals surface area contributed by atoms with Crippen LogP contribution in [0.3, 0.4) is 0 Å². The maximum absolute atomic E-state index is 12.6. The lowest BCUT2D eigenvalue weighted by Gasteiger charge is -2.48. The standard InChI is InChI=1S/C17H20O6S.C12H10N2O5S.C12H10O5S.C12H12O5S.C10H15NO4.C3H7NO3.C2H3N.CH2Cl2/c1-10(2)13(19)17-9-12(18)16(3,14(17)21-15(17)20)24-23-22-11-7-5-4-6-8-11;13-14-11(10(15)6-8-7-17-12(8)16)20-19-18-9-4-2-1-3-5-9;13-9-6-8-10(15-12(8)14)11(9)18-17-16-7-4-2-1-3-5-7;13-10(6-9-7-15-12(9)14)8-18-17-16-11-4-2-1-3-5-11;1-4(2)6(12)10-7(15-9(10)14)5(3)8(13)11-10;4-2(1-5)3(6)7;1-2-3;2-1-3/h4-8,10,13-14,19H,9H2,1-3H3;1-5,8H,6-7H2;1-5,8,10-11H,6H2;1-5,9H,6-8H2;4-7,12H,1-3H3,(H,11,13);2,5H,1,4H2,(H,6,7);1H3;1H2. The molecule has 108 heavy (non-hydrogen) atoms. The molecule has 33 nitrogen and oxygen atoms in total. The van der Waals surface area contributed by atoms with Gasteiger partial charge in [0, 0.05) is 32.6 Å². The predicted molar refractivity (Wildman–Crippen MR) is 384 cm³/mol. The van der Waals surface area contributed by atoms with Crippen LogP contribution in [0.4, 0.5) is 0 Å². The third-order valence-corrected chi connectivity index (χ3v) is 19.6. The van der Waals surface area contributed by atoms with Gasteiger partial charge in [0.2, 0.25) is 11.4 Å². The summed E-state index contributed by atoms with van der Waals surface area (Å²) in [4.78, 5) is 148. The van der Waals surface area contributed by atoms with E-state index in [2.05, 4.69) is 19.6 Å². The van der Waals surface area contributed by atoms with Crippen LogP contribution >= 0.6 is 71.4 Å². The largest absolute Gasteiger partial charge is 0.480 e. The molecule has 4 aromatic rings. The van der Waals surface area contributed by atoms with Gasteiger partial charge in [-0.1, -0.05) is 100 Å². The molecular formula is C69H79Cl2N5O28S4. The molecule has 0 spiro atoms. The molecule has 6 saturated heterocycles. The fourth-order valence-corrected chi connectivity index (χ4v) is 13.0. The van der Waals surface area contributed by atoms with Gasteiger partial charge >= 0.3 is 40.9 Å². The van der Waals surface area contributed by atoms with Crippen LogP contribution < -0.4 is 30.6 Å². The van der Waals surface area contributed by atoms with Crippen molar-refractivity contribution in [3.63, 3.8) is 0 Å². The Morgan fingerprint density at radius 2 is 1.19 bits per heavy atom. The van der Waals surface area contributed by atoms with Gasteiger partial charge < -0.3 is 80.2 Å². The molecule has 2 aliphatic carbocycles. The Kier molecular flexibility index (Phi) is 37.0. The number of aliphatic carboxylic acids is 1. The maximum atomic E-state index is 12.6. The number of hydrogen-bond acceptors (Lipinski definition) is 33. The summed E-state index contributed by atoms with van der Waals surface area (Å²) in [6, 6.07) is 36.1. The highest BCUT2D eigenvalue weighted by Crippen LogP contribution is 2.60. The van der Waals surface area contributed by atoms with Crippen molar-refractivity contribution in [2.75, 3.05) is 30.9 Å². The second kappa shape index (κ2) is 44.3. The quantitative estimate of drug-likeness (QED) is 0.00306. The lowest BCUT2D eigenvalue weighted by Crippen LogP contribution is -2.73. The fourth-order valence-electron chi connectivity index (χ4n) is 10.6. The molecule has 8 fully saturated rings. The number of para-hydroxylation sites is 4. The third kappa shape index (κ3) is 24.3. The molecule has 7 N–H and O–H groups in total. The normalized spacial score (nSPS) is 25.0. The van der Waals surface area contributed by atoms with Crippen LogP contribution in [0.5, 0.6) is 23.0 Å². The monoisotopic (exact) mass is 1620 g/mol. The molecule has 0 aromatic heterocycles. The van der Waals surface area contributed by atoms with E-state index in [9.17, 15) is 63.0 Å². The van der Waals surface area contributed by atoms with E-state index in [1.807, 2.05) is 62.4 Å². The smallest absolute Gasteiger partial charge is 0.422 e. The van der Waals surface area contributed by atoms with Gasteiger partial charge in [-0.05, 0) is 74.2 Å². The number of rotatable bonds is 27. The number of benzene rings is 4. The van der Waals surface area contributed by atoms with Crippen molar-refractivity contribution in [1.82, 2.24) is 5.32 Å². The van der Waals surface area contributed by atoms with E-state index in [0.717, 1.165) is 36.1 Å². The molecule has 586 valence electrons. The number of aliphatic hydroxyl groups is 3. The number of nitrogens with two attached hydrogens (primary N) is 1. The first-order valence-corrected chi connectivity index (χ1v) is 36.9. The summed E-state index contributed by atoms with van der Waals surface area (Å²) in [5.41, 5.74) is 11.2. The van der Waals surface area contributed by atoms with E-state index in [4.69, 9.17) is 101 Å². The number of ether oxygens (including phenoxy) is 5. The zero-order valence-electron chi connectivity index (χ0n) is 58.8. The summed E-state index contributed by atoms with van der Waals surface area (Å²) in [7, 11) is 0. The highest BCUT2D eigenvalue weighted by Gasteiger charge is 2.77. The first kappa shape index (κ1) is 90.2. The molecular weight excluding hydrogens is 1550 g/mol. The van der Waals surface area contributed by atoms with Crippen molar-refractivity contribution >= 4 is 141 Å². The number of amides is 1. The second-order valence-electron chi connectivity index (χ2n) is 24.7. The lowest BCUT2D eigenvalue weighted by atomic mass is 9.69. The number of halogens is 2. The van der Waals surface area contributed by atoms with E-state index in [-0.39, 0.29) is 119 Å². The zero-order valence-corrected chi connectivity index (χ0v) is 63.6. The van der Waals surface area contributed by atoms with Gasteiger partial charge in [0.1, 0.15) is 64.7 Å². The number of carboxylic acid groups (broad SMARTS) is 1. The fraction of sp³-hybridized carbons (Fsp3) is 0.464. The SMILES string of the molecule is CC#N.CC(C)C(O)C12CC(=O)C(C)(SOOc3ccccc3)C1OC2=O.CC(C)C(O)C12NC(=O)C(C)C1OC2=O.ClCCl.NC(CO)C(=O)O.O=C(CSOOc1ccccc1)CC1COC1=O.O=C1OC2C1CC(=O)C2SOOc1ccccc1.[N-]=[N+]=C(SOOc1ccccc1)C(=O)CC1COC1=O. The van der Waals surface area contributed by atoms with Crippen LogP contribution in [-0.4, -0.2) is 178 Å². The summed E-state index contributed by atoms with van der Waals surface area (Å²) in [5, 5.41) is 45.7. The Morgan fingerprint density at radius 3 is 1.57 bits per heavy atom. The molecule has 4 aromatic carbocycles. The van der Waals surface area contributed by atoms with Crippen LogP contribution in [-0.2, 0) is 93.8 Å². The predicted octanol–water partition coefficient (Wildman–Crippen LogP) is 6.79. The van der Waals surface area contributed by atoms with Gasteiger partial charge in [0.25, 0.3) is 5.78 Å². The minimum Gasteiger partial charge on any atom is -0.480 e. The number of esters is 5. The number of aliphatic hydroxyl groups excluding tert-OH is 3. The minimum absolute atomic E-state index is 0.0301. The van der Waals surface area contributed by atoms with E-state index >= 15 is 0 Å². The van der Waals surface area contributed by atoms with Crippen molar-refractivity contribution in [2.24, 2.45) is 46.7 Å². The first-order valence-electron chi connectivity index (χ1n) is 32.6. The molecule has 8 aliphatic rings. The van der Waals surface area contributed by atoms with Crippen molar-refractivity contribution < 1.29 is 139 Å². The van der Waals surface area contributed by atoms with E-state index in [1.54, 1.807) is 107 Å². The number of nitrogens with one attached hydrogen (secondary N) is 1. The van der Waals surface area contributed by atoms with Crippen LogP contribution in [0.2, 0.25) is 0 Å². The molecule has 6 aliphatic heterocycles. The third-order valence-electron chi connectivity index (χ3n) is 16.5. The summed E-state index contributed by atoms with van der Waals surface area (Å²) in [5.74, 6) is -3.74. The van der Waals surface area contributed by atoms with Crippen molar-refractivity contribution in [1.29, 1.82) is 5.26 Å². The molecule has 14 unspecified atom stereocenters. The number of Topliss-reactive ketones (excluding diaryl/α,β-unsaturated/α-hetero) is 4. The highest BCUT2D eigenvalue weighted by molar-refractivity contribution is 8.11. The second-order valence-corrected chi connectivity index (χ2v) is 28.9. The van der Waals surface area contributed by atoms with Crippen LogP contribution in [0.25, 0.3) is 5.53 Å². The van der Waals surface area contributed by atoms with Crippen molar-refractivity contribution in [3.05, 3.63) is 127 Å². The van der Waals surface area contributed by atoms with Crippen LogP contribution in [0, 0.1) is 52.3 Å². The summed E-state index contributed by atoms with van der Waals surface area (Å²) in [6.45, 7) is 12.0. The Morgan fingerprint density at radius 1 is 0.713 bits per heavy atom.